The van der Waals surface area contributed by atoms with Crippen molar-refractivity contribution in [2.45, 2.75) is 37.8 Å². The molecular weight excluding hydrogens is 266 g/mol. The van der Waals surface area contributed by atoms with E-state index in [0.29, 0.717) is 18.3 Å². The van der Waals surface area contributed by atoms with Gasteiger partial charge < -0.3 is 10.1 Å². The predicted octanol–water partition coefficient (Wildman–Crippen LogP) is 2.01. The molecule has 2 rings (SSSR count). The second-order valence-corrected chi connectivity index (χ2v) is 4.35. The maximum atomic E-state index is 12.6. The molecule has 0 unspecified atom stereocenters. The number of hydrogen-bond acceptors (Lipinski definition) is 4. The lowest BCUT2D eigenvalue weighted by Crippen LogP contribution is -2.33. The van der Waals surface area contributed by atoms with E-state index in [1.165, 1.54) is 6.20 Å². The average Bonchev–Trinajstić information content (AvgIpc) is 3.19. The Morgan fingerprint density at radius 1 is 1.32 bits per heavy atom. The minimum atomic E-state index is -4.19. The van der Waals surface area contributed by atoms with Crippen LogP contribution < -0.4 is 10.1 Å². The molecule has 1 fully saturated rings. The molecule has 1 aromatic rings. The summed E-state index contributed by atoms with van der Waals surface area (Å²) in [5, 5.41) is 3.20. The topological polar surface area (TPSA) is 47.0 Å². The summed E-state index contributed by atoms with van der Waals surface area (Å²) in [7, 11) is 0. The highest BCUT2D eigenvalue weighted by atomic mass is 19.3. The third-order valence-electron chi connectivity index (χ3n) is 2.56. The van der Waals surface area contributed by atoms with Crippen LogP contribution in [0.3, 0.4) is 0 Å². The van der Waals surface area contributed by atoms with Crippen molar-refractivity contribution >= 4 is 0 Å². The summed E-state index contributed by atoms with van der Waals surface area (Å²) in [6.45, 7) is -0.885. The Bertz CT molecular complexity index is 409. The van der Waals surface area contributed by atoms with Crippen molar-refractivity contribution in [2.24, 2.45) is 0 Å². The molecule has 0 spiro atoms. The Labute approximate surface area is 107 Å². The Hall–Kier alpha value is -1.44. The number of hydrogen-bond donors (Lipinski definition) is 1. The van der Waals surface area contributed by atoms with Gasteiger partial charge in [-0.25, -0.2) is 13.8 Å². The van der Waals surface area contributed by atoms with E-state index in [1.807, 2.05) is 0 Å². The van der Waals surface area contributed by atoms with Crippen molar-refractivity contribution in [1.82, 2.24) is 15.3 Å². The Balaban J connectivity index is 1.80. The van der Waals surface area contributed by atoms with Gasteiger partial charge in [-0.05, 0) is 12.8 Å². The maximum Gasteiger partial charge on any atom is 0.340 e. The molecule has 0 radical (unpaired) electrons. The first kappa shape index (κ1) is 14.0. The lowest BCUT2D eigenvalue weighted by Gasteiger charge is -2.15. The summed E-state index contributed by atoms with van der Waals surface area (Å²) >= 11 is 0. The zero-order chi connectivity index (χ0) is 13.9. The quantitative estimate of drug-likeness (QED) is 0.776. The Morgan fingerprint density at radius 2 is 2.05 bits per heavy atom. The lowest BCUT2D eigenvalue weighted by molar-refractivity contribution is -0.148. The molecule has 8 heteroatoms. The largest absolute Gasteiger partial charge is 0.470 e. The van der Waals surface area contributed by atoms with Gasteiger partial charge in [-0.1, -0.05) is 0 Å². The van der Waals surface area contributed by atoms with E-state index in [0.717, 1.165) is 19.0 Å². The molecule has 0 aliphatic heterocycles. The summed E-state index contributed by atoms with van der Waals surface area (Å²) in [4.78, 5) is 7.68. The first-order valence-corrected chi connectivity index (χ1v) is 5.80. The monoisotopic (exact) mass is 279 g/mol. The van der Waals surface area contributed by atoms with Crippen LogP contribution in [0.5, 0.6) is 5.88 Å². The molecule has 106 valence electrons. The van der Waals surface area contributed by atoms with Crippen LogP contribution in [0.25, 0.3) is 0 Å². The van der Waals surface area contributed by atoms with Crippen LogP contribution >= 0.6 is 0 Å². The van der Waals surface area contributed by atoms with E-state index in [-0.39, 0.29) is 5.88 Å². The molecule has 0 amide bonds. The number of aromatic nitrogens is 2. The molecule has 0 bridgehead atoms. The third-order valence-corrected chi connectivity index (χ3v) is 2.56. The number of rotatable bonds is 7. The van der Waals surface area contributed by atoms with E-state index < -0.39 is 19.0 Å². The van der Waals surface area contributed by atoms with Gasteiger partial charge in [0, 0.05) is 12.6 Å². The highest BCUT2D eigenvalue weighted by Gasteiger charge is 2.41. The predicted molar refractivity (Wildman–Crippen MR) is 58.3 cm³/mol. The van der Waals surface area contributed by atoms with Crippen molar-refractivity contribution < 1.29 is 22.3 Å². The summed E-state index contributed by atoms with van der Waals surface area (Å²) in [6, 6.07) is 0.516. The number of nitrogens with one attached hydrogen (secondary N) is 1. The lowest BCUT2D eigenvalue weighted by atomic mass is 10.4. The van der Waals surface area contributed by atoms with Crippen LogP contribution in [0, 0.1) is 0 Å². The summed E-state index contributed by atoms with van der Waals surface area (Å²) in [6.07, 6.45) is 1.02. The highest BCUT2D eigenvalue weighted by molar-refractivity contribution is 5.07. The van der Waals surface area contributed by atoms with E-state index in [2.05, 4.69) is 20.0 Å². The van der Waals surface area contributed by atoms with Crippen LogP contribution in [0.2, 0.25) is 0 Å². The molecule has 4 nitrogen and oxygen atoms in total. The first-order chi connectivity index (χ1) is 8.97. The van der Waals surface area contributed by atoms with Crippen molar-refractivity contribution in [3.8, 4) is 5.88 Å². The fraction of sp³-hybridized carbons (Fsp3) is 0.636. The van der Waals surface area contributed by atoms with Crippen LogP contribution in [-0.4, -0.2) is 35.0 Å². The fourth-order valence-corrected chi connectivity index (χ4v) is 1.28. The molecule has 0 atom stereocenters. The molecule has 1 N–H and O–H groups in total. The maximum absolute atomic E-state index is 12.6. The standard InChI is InChI=1S/C11H13F4N3O/c12-10(13)11(14,15)6-19-9-5-17-8(4-18-9)3-16-7-1-2-7/h4-5,7,10,16H,1-3,6H2. The van der Waals surface area contributed by atoms with E-state index >= 15 is 0 Å². The van der Waals surface area contributed by atoms with Gasteiger partial charge in [0.25, 0.3) is 0 Å². The summed E-state index contributed by atoms with van der Waals surface area (Å²) in [5.41, 5.74) is 0.639. The van der Waals surface area contributed by atoms with Gasteiger partial charge in [-0.3, -0.25) is 4.98 Å². The van der Waals surface area contributed by atoms with E-state index in [4.69, 9.17) is 0 Å². The smallest absolute Gasteiger partial charge is 0.340 e. The average molecular weight is 279 g/mol. The van der Waals surface area contributed by atoms with Gasteiger partial charge in [0.2, 0.25) is 5.88 Å². The molecular formula is C11H13F4N3O. The SMILES string of the molecule is FC(F)C(F)(F)COc1cnc(CNC2CC2)cn1. The van der Waals surface area contributed by atoms with Crippen LogP contribution in [-0.2, 0) is 6.54 Å². The van der Waals surface area contributed by atoms with Crippen molar-refractivity contribution in [2.75, 3.05) is 6.61 Å². The van der Waals surface area contributed by atoms with Gasteiger partial charge in [0.15, 0.2) is 6.61 Å². The van der Waals surface area contributed by atoms with Gasteiger partial charge in [0.1, 0.15) is 0 Å². The fourth-order valence-electron chi connectivity index (χ4n) is 1.28. The Morgan fingerprint density at radius 3 is 2.58 bits per heavy atom. The van der Waals surface area contributed by atoms with E-state index in [9.17, 15) is 17.6 Å². The van der Waals surface area contributed by atoms with Crippen molar-refractivity contribution in [3.63, 3.8) is 0 Å². The summed E-state index contributed by atoms with van der Waals surface area (Å²) in [5.74, 6) is -4.39. The molecule has 1 aromatic heterocycles. The van der Waals surface area contributed by atoms with Gasteiger partial charge in [0.05, 0.1) is 18.1 Å². The van der Waals surface area contributed by atoms with Crippen molar-refractivity contribution in [1.29, 1.82) is 0 Å². The molecule has 19 heavy (non-hydrogen) atoms. The number of halogens is 4. The number of nitrogens with zero attached hydrogens (tertiary/aromatic N) is 2. The second-order valence-electron chi connectivity index (χ2n) is 4.35. The van der Waals surface area contributed by atoms with Crippen LogP contribution in [0.4, 0.5) is 17.6 Å². The van der Waals surface area contributed by atoms with Crippen LogP contribution in [0.15, 0.2) is 12.4 Å². The molecule has 0 saturated heterocycles. The first-order valence-electron chi connectivity index (χ1n) is 5.80. The molecule has 0 aromatic carbocycles. The van der Waals surface area contributed by atoms with Gasteiger partial charge in [-0.2, -0.15) is 8.78 Å². The van der Waals surface area contributed by atoms with Crippen molar-refractivity contribution in [3.05, 3.63) is 18.1 Å². The Kier molecular flexibility index (Phi) is 4.18. The highest BCUT2D eigenvalue weighted by Crippen LogP contribution is 2.23. The van der Waals surface area contributed by atoms with Gasteiger partial charge >= 0.3 is 12.3 Å². The molecule has 1 aliphatic carbocycles. The van der Waals surface area contributed by atoms with E-state index in [1.54, 1.807) is 0 Å². The minimum Gasteiger partial charge on any atom is -0.470 e. The third kappa shape index (κ3) is 4.30. The van der Waals surface area contributed by atoms with Gasteiger partial charge in [-0.15, -0.1) is 0 Å². The minimum absolute atomic E-state index is 0.199. The molecule has 1 saturated carbocycles. The second kappa shape index (κ2) is 5.68. The molecule has 1 heterocycles. The number of alkyl halides is 4. The zero-order valence-electron chi connectivity index (χ0n) is 9.95. The zero-order valence-corrected chi connectivity index (χ0v) is 9.95. The van der Waals surface area contributed by atoms with Crippen LogP contribution in [0.1, 0.15) is 18.5 Å². The number of ether oxygens (including phenoxy) is 1. The molecule has 1 aliphatic rings. The summed E-state index contributed by atoms with van der Waals surface area (Å²) < 4.78 is 53.5. The normalized spacial score (nSPS) is 15.8.